The van der Waals surface area contributed by atoms with E-state index in [1.807, 2.05) is 24.3 Å². The highest BCUT2D eigenvalue weighted by Gasteiger charge is 2.24. The molecule has 0 spiro atoms. The summed E-state index contributed by atoms with van der Waals surface area (Å²) in [5.74, 6) is -0.642. The van der Waals surface area contributed by atoms with Crippen molar-refractivity contribution >= 4 is 40.1 Å². The minimum absolute atomic E-state index is 0.158. The summed E-state index contributed by atoms with van der Waals surface area (Å²) >= 11 is 1.09. The maximum atomic E-state index is 12.4. The van der Waals surface area contributed by atoms with Gasteiger partial charge in [0, 0.05) is 6.08 Å². The van der Waals surface area contributed by atoms with Gasteiger partial charge in [-0.3, -0.25) is 9.59 Å². The van der Waals surface area contributed by atoms with Crippen LogP contribution in [0.2, 0.25) is 0 Å². The van der Waals surface area contributed by atoms with Crippen molar-refractivity contribution in [2.45, 2.75) is 40.5 Å². The second-order valence-electron chi connectivity index (χ2n) is 6.68. The number of ketones is 1. The van der Waals surface area contributed by atoms with Gasteiger partial charge in [-0.15, -0.1) is 11.3 Å². The van der Waals surface area contributed by atoms with Crippen LogP contribution >= 0.6 is 11.3 Å². The van der Waals surface area contributed by atoms with E-state index in [4.69, 9.17) is 4.74 Å². The summed E-state index contributed by atoms with van der Waals surface area (Å²) in [6.07, 6.45) is 3.11. The third kappa shape index (κ3) is 5.16. The van der Waals surface area contributed by atoms with Gasteiger partial charge in [0.1, 0.15) is 5.00 Å². The molecule has 0 saturated heterocycles. The van der Waals surface area contributed by atoms with Gasteiger partial charge in [-0.25, -0.2) is 4.79 Å². The summed E-state index contributed by atoms with van der Waals surface area (Å²) in [5, 5.41) is 3.03. The van der Waals surface area contributed by atoms with E-state index in [1.165, 1.54) is 18.6 Å². The van der Waals surface area contributed by atoms with Crippen molar-refractivity contribution in [2.75, 3.05) is 11.9 Å². The minimum atomic E-state index is -0.549. The number of rotatable bonds is 7. The Balaban J connectivity index is 2.21. The van der Waals surface area contributed by atoms with Crippen molar-refractivity contribution in [2.24, 2.45) is 0 Å². The number of amides is 1. The van der Waals surface area contributed by atoms with Gasteiger partial charge < -0.3 is 10.1 Å². The topological polar surface area (TPSA) is 72.5 Å². The number of thiophene rings is 1. The molecule has 0 radical (unpaired) electrons. The van der Waals surface area contributed by atoms with Crippen LogP contribution < -0.4 is 5.32 Å². The second-order valence-corrected chi connectivity index (χ2v) is 7.70. The molecular weight excluding hydrogens is 374 g/mol. The third-order valence-electron chi connectivity index (χ3n) is 4.21. The first-order chi connectivity index (χ1) is 13.2. The van der Waals surface area contributed by atoms with Crippen LogP contribution in [0.1, 0.15) is 70.3 Å². The number of carbonyl (C=O) groups is 3. The fourth-order valence-corrected chi connectivity index (χ4v) is 3.80. The molecule has 0 aliphatic carbocycles. The van der Waals surface area contributed by atoms with E-state index in [-0.39, 0.29) is 23.9 Å². The molecule has 2 aromatic rings. The Morgan fingerprint density at radius 1 is 1.18 bits per heavy atom. The number of carbonyl (C=O) groups excluding carboxylic acids is 3. The highest BCUT2D eigenvalue weighted by molar-refractivity contribution is 7.18. The maximum absolute atomic E-state index is 12.4. The van der Waals surface area contributed by atoms with Crippen molar-refractivity contribution < 1.29 is 19.1 Å². The lowest BCUT2D eigenvalue weighted by Gasteiger charge is -2.06. The van der Waals surface area contributed by atoms with E-state index in [2.05, 4.69) is 19.2 Å². The zero-order chi connectivity index (χ0) is 20.8. The number of hydrogen-bond acceptors (Lipinski definition) is 5. The average Bonchev–Trinajstić information content (AvgIpc) is 2.96. The molecule has 28 heavy (non-hydrogen) atoms. The highest BCUT2D eigenvalue weighted by Crippen LogP contribution is 2.34. The molecule has 1 amide bonds. The Morgan fingerprint density at radius 3 is 2.36 bits per heavy atom. The van der Waals surface area contributed by atoms with Gasteiger partial charge in [-0.1, -0.05) is 38.1 Å². The molecule has 0 unspecified atom stereocenters. The van der Waals surface area contributed by atoms with Crippen molar-refractivity contribution in [3.63, 3.8) is 0 Å². The number of ether oxygens (including phenoxy) is 1. The lowest BCUT2D eigenvalue weighted by molar-refractivity contribution is -0.111. The predicted molar refractivity (Wildman–Crippen MR) is 113 cm³/mol. The van der Waals surface area contributed by atoms with Crippen LogP contribution in [0.3, 0.4) is 0 Å². The lowest BCUT2D eigenvalue weighted by atomic mass is 10.0. The molecule has 0 fully saturated rings. The van der Waals surface area contributed by atoms with Crippen molar-refractivity contribution in [3.05, 3.63) is 57.5 Å². The average molecular weight is 400 g/mol. The molecule has 6 heteroatoms. The molecule has 0 bridgehead atoms. The molecule has 0 aliphatic heterocycles. The van der Waals surface area contributed by atoms with Crippen molar-refractivity contribution in [3.8, 4) is 0 Å². The number of Topliss-reactive ketones (excluding diaryl/α,β-unsaturated/α-hetero) is 1. The van der Waals surface area contributed by atoms with E-state index in [0.717, 1.165) is 16.9 Å². The number of benzene rings is 1. The van der Waals surface area contributed by atoms with Crippen LogP contribution in [-0.4, -0.2) is 24.3 Å². The molecular formula is C22H25NO4S. The first-order valence-corrected chi connectivity index (χ1v) is 9.96. The fourth-order valence-electron chi connectivity index (χ4n) is 2.70. The Kier molecular flexibility index (Phi) is 7.29. The van der Waals surface area contributed by atoms with Crippen LogP contribution in [0.15, 0.2) is 30.3 Å². The summed E-state index contributed by atoms with van der Waals surface area (Å²) in [4.78, 5) is 36.9. The van der Waals surface area contributed by atoms with Gasteiger partial charge in [0.25, 0.3) is 0 Å². The molecule has 1 aromatic heterocycles. The fraction of sp³-hybridized carbons (Fsp3) is 0.318. The Bertz CT molecular complexity index is 907. The van der Waals surface area contributed by atoms with E-state index < -0.39 is 5.97 Å². The zero-order valence-electron chi connectivity index (χ0n) is 16.8. The van der Waals surface area contributed by atoms with Crippen LogP contribution in [-0.2, 0) is 9.53 Å². The first kappa shape index (κ1) is 21.6. The lowest BCUT2D eigenvalue weighted by Crippen LogP contribution is -2.12. The van der Waals surface area contributed by atoms with Crippen molar-refractivity contribution in [1.82, 2.24) is 0 Å². The number of hydrogen-bond donors (Lipinski definition) is 1. The van der Waals surface area contributed by atoms with Crippen LogP contribution in [0.5, 0.6) is 0 Å². The summed E-state index contributed by atoms with van der Waals surface area (Å²) in [6.45, 7) is 9.27. The van der Waals surface area contributed by atoms with Gasteiger partial charge in [-0.05, 0) is 49.5 Å². The molecule has 1 N–H and O–H groups in total. The predicted octanol–water partition coefficient (Wildman–Crippen LogP) is 5.21. The normalized spacial score (nSPS) is 11.1. The molecule has 148 valence electrons. The van der Waals surface area contributed by atoms with Gasteiger partial charge in [0.15, 0.2) is 5.78 Å². The van der Waals surface area contributed by atoms with Crippen LogP contribution in [0.4, 0.5) is 5.00 Å². The zero-order valence-corrected chi connectivity index (χ0v) is 17.6. The number of esters is 1. The van der Waals surface area contributed by atoms with E-state index in [0.29, 0.717) is 21.4 Å². The molecule has 0 aliphatic rings. The van der Waals surface area contributed by atoms with E-state index in [1.54, 1.807) is 19.9 Å². The minimum Gasteiger partial charge on any atom is -0.462 e. The SMILES string of the molecule is CCOC(=O)c1c(NC(=O)/C=C/c2ccc(C(C)C)cc2)sc(C(C)=O)c1C. The molecule has 1 aromatic carbocycles. The highest BCUT2D eigenvalue weighted by atomic mass is 32.1. The smallest absolute Gasteiger partial charge is 0.341 e. The van der Waals surface area contributed by atoms with Gasteiger partial charge in [-0.2, -0.15) is 0 Å². The van der Waals surface area contributed by atoms with Gasteiger partial charge in [0.05, 0.1) is 17.0 Å². The Hall–Kier alpha value is -2.73. The largest absolute Gasteiger partial charge is 0.462 e. The summed E-state index contributed by atoms with van der Waals surface area (Å²) in [5.41, 5.74) is 2.89. The summed E-state index contributed by atoms with van der Waals surface area (Å²) < 4.78 is 5.07. The summed E-state index contributed by atoms with van der Waals surface area (Å²) in [6, 6.07) is 7.96. The van der Waals surface area contributed by atoms with E-state index >= 15 is 0 Å². The Morgan fingerprint density at radius 2 is 1.82 bits per heavy atom. The molecule has 0 saturated carbocycles. The second kappa shape index (κ2) is 9.46. The summed E-state index contributed by atoms with van der Waals surface area (Å²) in [7, 11) is 0. The molecule has 0 atom stereocenters. The Labute approximate surface area is 169 Å². The van der Waals surface area contributed by atoms with E-state index in [9.17, 15) is 14.4 Å². The number of nitrogens with one attached hydrogen (secondary N) is 1. The van der Waals surface area contributed by atoms with Crippen molar-refractivity contribution in [1.29, 1.82) is 0 Å². The molecule has 1 heterocycles. The van der Waals surface area contributed by atoms with Crippen LogP contribution in [0, 0.1) is 6.92 Å². The molecule has 5 nitrogen and oxygen atoms in total. The van der Waals surface area contributed by atoms with Crippen LogP contribution in [0.25, 0.3) is 6.08 Å². The third-order valence-corrected chi connectivity index (χ3v) is 5.52. The standard InChI is InChI=1S/C22H25NO4S/c1-6-27-22(26)19-14(4)20(15(5)24)28-21(19)23-18(25)12-9-16-7-10-17(11-8-16)13(2)3/h7-13H,6H2,1-5H3,(H,23,25)/b12-9+. The number of anilines is 1. The first-order valence-electron chi connectivity index (χ1n) is 9.15. The quantitative estimate of drug-likeness (QED) is 0.394. The van der Waals surface area contributed by atoms with Gasteiger partial charge in [0.2, 0.25) is 5.91 Å². The van der Waals surface area contributed by atoms with Gasteiger partial charge >= 0.3 is 5.97 Å². The maximum Gasteiger partial charge on any atom is 0.341 e. The monoisotopic (exact) mass is 399 g/mol. The molecule has 2 rings (SSSR count).